The summed E-state index contributed by atoms with van der Waals surface area (Å²) in [4.78, 5) is 23.0. The number of thiophene rings is 1. The second-order valence-corrected chi connectivity index (χ2v) is 7.34. The average Bonchev–Trinajstić information content (AvgIpc) is 3.06. The Morgan fingerprint density at radius 2 is 2.08 bits per heavy atom. The van der Waals surface area contributed by atoms with Gasteiger partial charge >= 0.3 is 0 Å². The minimum absolute atomic E-state index is 0.0902. The van der Waals surface area contributed by atoms with E-state index in [1.54, 1.807) is 18.3 Å². The number of ketones is 1. The molecule has 3 aromatic rings. The van der Waals surface area contributed by atoms with Gasteiger partial charge in [0.2, 0.25) is 11.7 Å². The van der Waals surface area contributed by atoms with Crippen molar-refractivity contribution in [1.29, 1.82) is 0 Å². The molecule has 7 heteroatoms. The number of benzene rings is 1. The van der Waals surface area contributed by atoms with Crippen LogP contribution in [-0.4, -0.2) is 35.0 Å². The highest BCUT2D eigenvalue weighted by Crippen LogP contribution is 2.28. The molecule has 5 nitrogen and oxygen atoms in total. The van der Waals surface area contributed by atoms with Crippen LogP contribution in [0.4, 0.5) is 5.95 Å². The minimum atomic E-state index is -0.0902. The molecule has 1 aromatic carbocycles. The van der Waals surface area contributed by atoms with Gasteiger partial charge in [-0.1, -0.05) is 23.7 Å². The third kappa shape index (κ3) is 3.51. The number of aromatic nitrogens is 2. The van der Waals surface area contributed by atoms with Gasteiger partial charge in [0.25, 0.3) is 0 Å². The maximum atomic E-state index is 12.7. The molecule has 0 atom stereocenters. The summed E-state index contributed by atoms with van der Waals surface area (Å²) >= 11 is 7.50. The lowest BCUT2D eigenvalue weighted by molar-refractivity contribution is 0.0903. The molecule has 25 heavy (non-hydrogen) atoms. The number of rotatable bonds is 4. The zero-order valence-electron chi connectivity index (χ0n) is 13.4. The molecule has 1 saturated heterocycles. The minimum Gasteiger partial charge on any atom is -0.381 e. The van der Waals surface area contributed by atoms with Gasteiger partial charge in [0.15, 0.2) is 0 Å². The number of hydrogen-bond acceptors (Lipinski definition) is 6. The summed E-state index contributed by atoms with van der Waals surface area (Å²) in [5.74, 6) is 0.505. The smallest absolute Gasteiger partial charge is 0.224 e. The Labute approximate surface area is 154 Å². The molecule has 0 saturated carbocycles. The molecule has 128 valence electrons. The third-order valence-corrected chi connectivity index (χ3v) is 5.54. The van der Waals surface area contributed by atoms with Crippen LogP contribution >= 0.6 is 22.9 Å². The van der Waals surface area contributed by atoms with Crippen LogP contribution < -0.4 is 5.32 Å². The molecule has 1 aliphatic rings. The molecule has 0 radical (unpaired) electrons. The highest BCUT2D eigenvalue weighted by atomic mass is 35.5. The zero-order valence-corrected chi connectivity index (χ0v) is 14.9. The summed E-state index contributed by atoms with van der Waals surface area (Å²) in [5.41, 5.74) is 0.504. The van der Waals surface area contributed by atoms with Crippen LogP contribution in [0.2, 0.25) is 5.02 Å². The standard InChI is InChI=1S/C18H16ClN3O2S/c19-14-4-2-1-3-13(14)16(23)15-9-11-10-20-18(22-17(11)25-15)21-12-5-7-24-8-6-12/h1-4,9-10,12H,5-8H2,(H,20,21,22). The largest absolute Gasteiger partial charge is 0.381 e. The lowest BCUT2D eigenvalue weighted by atomic mass is 10.1. The number of nitrogens with one attached hydrogen (secondary N) is 1. The Morgan fingerprint density at radius 1 is 1.28 bits per heavy atom. The summed E-state index contributed by atoms with van der Waals surface area (Å²) < 4.78 is 5.36. The van der Waals surface area contributed by atoms with Gasteiger partial charge in [-0.25, -0.2) is 9.97 Å². The number of nitrogens with zero attached hydrogens (tertiary/aromatic N) is 2. The average molecular weight is 374 g/mol. The summed E-state index contributed by atoms with van der Waals surface area (Å²) in [5, 5.41) is 4.67. The Hall–Kier alpha value is -2.02. The number of hydrogen-bond donors (Lipinski definition) is 1. The summed E-state index contributed by atoms with van der Waals surface area (Å²) in [7, 11) is 0. The van der Waals surface area contributed by atoms with Crippen molar-refractivity contribution < 1.29 is 9.53 Å². The van der Waals surface area contributed by atoms with Crippen molar-refractivity contribution in [3.05, 3.63) is 52.0 Å². The van der Waals surface area contributed by atoms with Gasteiger partial charge in [-0.15, -0.1) is 11.3 Å². The van der Waals surface area contributed by atoms with E-state index in [4.69, 9.17) is 16.3 Å². The first-order valence-corrected chi connectivity index (χ1v) is 9.30. The highest BCUT2D eigenvalue weighted by molar-refractivity contribution is 7.20. The van der Waals surface area contributed by atoms with E-state index in [-0.39, 0.29) is 5.78 Å². The van der Waals surface area contributed by atoms with Crippen LogP contribution in [0.25, 0.3) is 10.2 Å². The molecular weight excluding hydrogens is 358 g/mol. The van der Waals surface area contributed by atoms with E-state index in [1.165, 1.54) is 11.3 Å². The molecule has 0 aliphatic carbocycles. The fourth-order valence-corrected chi connectivity index (χ4v) is 4.00. The molecule has 4 rings (SSSR count). The molecule has 1 aliphatic heterocycles. The van der Waals surface area contributed by atoms with E-state index >= 15 is 0 Å². The normalized spacial score (nSPS) is 15.4. The van der Waals surface area contributed by atoms with Crippen molar-refractivity contribution >= 4 is 44.9 Å². The molecule has 2 aromatic heterocycles. The molecule has 0 amide bonds. The van der Waals surface area contributed by atoms with E-state index in [0.717, 1.165) is 36.3 Å². The number of carbonyl (C=O) groups is 1. The predicted octanol–water partition coefficient (Wildman–Crippen LogP) is 4.17. The monoisotopic (exact) mass is 373 g/mol. The van der Waals surface area contributed by atoms with Crippen LogP contribution in [0.5, 0.6) is 0 Å². The van der Waals surface area contributed by atoms with Crippen molar-refractivity contribution in [2.24, 2.45) is 0 Å². The fraction of sp³-hybridized carbons (Fsp3) is 0.278. The summed E-state index contributed by atoms with van der Waals surface area (Å²) in [6.45, 7) is 1.52. The van der Waals surface area contributed by atoms with Crippen molar-refractivity contribution in [3.8, 4) is 0 Å². The molecule has 0 bridgehead atoms. The van der Waals surface area contributed by atoms with Gasteiger partial charge in [-0.05, 0) is 31.0 Å². The predicted molar refractivity (Wildman–Crippen MR) is 99.8 cm³/mol. The molecule has 0 spiro atoms. The number of halogens is 1. The van der Waals surface area contributed by atoms with E-state index in [1.807, 2.05) is 18.2 Å². The van der Waals surface area contributed by atoms with Crippen LogP contribution in [-0.2, 0) is 4.74 Å². The molecule has 1 N–H and O–H groups in total. The highest BCUT2D eigenvalue weighted by Gasteiger charge is 2.18. The second-order valence-electron chi connectivity index (χ2n) is 5.90. The summed E-state index contributed by atoms with van der Waals surface area (Å²) in [6.07, 6.45) is 3.65. The van der Waals surface area contributed by atoms with Crippen molar-refractivity contribution in [2.45, 2.75) is 18.9 Å². The maximum absolute atomic E-state index is 12.7. The van der Waals surface area contributed by atoms with E-state index in [0.29, 0.717) is 27.5 Å². The van der Waals surface area contributed by atoms with Crippen LogP contribution in [0, 0.1) is 0 Å². The Kier molecular flexibility index (Phi) is 4.65. The first-order valence-electron chi connectivity index (χ1n) is 8.11. The van der Waals surface area contributed by atoms with E-state index in [2.05, 4.69) is 15.3 Å². The van der Waals surface area contributed by atoms with E-state index < -0.39 is 0 Å². The quantitative estimate of drug-likeness (QED) is 0.695. The van der Waals surface area contributed by atoms with Gasteiger partial charge in [0, 0.05) is 36.4 Å². The van der Waals surface area contributed by atoms with Gasteiger partial charge in [0.1, 0.15) is 4.83 Å². The molecule has 1 fully saturated rings. The Bertz CT molecular complexity index is 922. The second kappa shape index (κ2) is 7.07. The zero-order chi connectivity index (χ0) is 17.2. The summed E-state index contributed by atoms with van der Waals surface area (Å²) in [6, 6.07) is 9.22. The number of carbonyl (C=O) groups excluding carboxylic acids is 1. The van der Waals surface area contributed by atoms with Crippen molar-refractivity contribution in [3.63, 3.8) is 0 Å². The Morgan fingerprint density at radius 3 is 2.88 bits per heavy atom. The number of ether oxygens (including phenoxy) is 1. The van der Waals surface area contributed by atoms with E-state index in [9.17, 15) is 4.79 Å². The first-order chi connectivity index (χ1) is 12.2. The van der Waals surface area contributed by atoms with Crippen molar-refractivity contribution in [2.75, 3.05) is 18.5 Å². The van der Waals surface area contributed by atoms with Crippen LogP contribution in [0.15, 0.2) is 36.5 Å². The third-order valence-electron chi connectivity index (χ3n) is 4.17. The lowest BCUT2D eigenvalue weighted by Gasteiger charge is -2.22. The number of fused-ring (bicyclic) bond motifs is 1. The van der Waals surface area contributed by atoms with Gasteiger partial charge in [-0.2, -0.15) is 0 Å². The van der Waals surface area contributed by atoms with Crippen LogP contribution in [0.1, 0.15) is 28.1 Å². The molecule has 0 unspecified atom stereocenters. The maximum Gasteiger partial charge on any atom is 0.224 e. The lowest BCUT2D eigenvalue weighted by Crippen LogP contribution is -2.28. The topological polar surface area (TPSA) is 64.1 Å². The van der Waals surface area contributed by atoms with Crippen LogP contribution in [0.3, 0.4) is 0 Å². The Balaban J connectivity index is 1.59. The first kappa shape index (κ1) is 16.4. The fourth-order valence-electron chi connectivity index (χ4n) is 2.82. The molecule has 3 heterocycles. The van der Waals surface area contributed by atoms with Gasteiger partial charge in [-0.3, -0.25) is 4.79 Å². The number of anilines is 1. The van der Waals surface area contributed by atoms with Gasteiger partial charge < -0.3 is 10.1 Å². The van der Waals surface area contributed by atoms with Gasteiger partial charge in [0.05, 0.1) is 9.90 Å². The SMILES string of the molecule is O=C(c1cc2cnc(NC3CCOCC3)nc2s1)c1ccccc1Cl. The molecular formula is C18H16ClN3O2S. The van der Waals surface area contributed by atoms with Crippen molar-refractivity contribution in [1.82, 2.24) is 9.97 Å².